The highest BCUT2D eigenvalue weighted by molar-refractivity contribution is 9.10. The number of hydrogen-bond donors (Lipinski definition) is 1. The molecule has 1 amide bonds. The number of aryl methyl sites for hydroxylation is 1. The van der Waals surface area contributed by atoms with Crippen molar-refractivity contribution in [1.82, 2.24) is 20.6 Å². The summed E-state index contributed by atoms with van der Waals surface area (Å²) in [5.74, 6) is 1.13. The molecule has 0 aliphatic heterocycles. The van der Waals surface area contributed by atoms with Crippen LogP contribution in [0.2, 0.25) is 0 Å². The average molecular weight is 405 g/mol. The van der Waals surface area contributed by atoms with Crippen molar-refractivity contribution in [2.45, 2.75) is 26.8 Å². The number of amides is 1. The first kappa shape index (κ1) is 17.3. The highest BCUT2D eigenvalue weighted by Gasteiger charge is 2.26. The second-order valence-corrected chi connectivity index (χ2v) is 6.87. The zero-order valence-corrected chi connectivity index (χ0v) is 15.6. The van der Waals surface area contributed by atoms with Crippen LogP contribution in [0.3, 0.4) is 0 Å². The molecule has 0 saturated heterocycles. The van der Waals surface area contributed by atoms with E-state index >= 15 is 0 Å². The second kappa shape index (κ2) is 7.18. The Balaban J connectivity index is 1.77. The maximum Gasteiger partial charge on any atom is 0.274 e. The minimum atomic E-state index is -0.401. The van der Waals surface area contributed by atoms with Crippen LogP contribution >= 0.6 is 15.9 Å². The Labute approximate surface area is 152 Å². The summed E-state index contributed by atoms with van der Waals surface area (Å²) < 4.78 is 11.4. The SMILES string of the molecule is Cc1noc([C@H](NC(=O)c2cc(-c3ccc(Br)cc3)on2)C(C)C)n1. The van der Waals surface area contributed by atoms with Crippen LogP contribution < -0.4 is 5.32 Å². The molecule has 130 valence electrons. The molecule has 0 saturated carbocycles. The van der Waals surface area contributed by atoms with Crippen LogP contribution in [0.25, 0.3) is 11.3 Å². The Kier molecular flexibility index (Phi) is 4.98. The van der Waals surface area contributed by atoms with Gasteiger partial charge in [0.25, 0.3) is 5.91 Å². The van der Waals surface area contributed by atoms with Crippen molar-refractivity contribution in [2.24, 2.45) is 5.92 Å². The molecule has 0 aliphatic rings. The number of benzene rings is 1. The van der Waals surface area contributed by atoms with Crippen LogP contribution in [0.1, 0.15) is 42.1 Å². The van der Waals surface area contributed by atoms with E-state index in [1.54, 1.807) is 13.0 Å². The Morgan fingerprint density at radius 2 is 1.88 bits per heavy atom. The molecule has 1 N–H and O–H groups in total. The molecule has 1 atom stereocenters. The summed E-state index contributed by atoms with van der Waals surface area (Å²) in [6.07, 6.45) is 0. The van der Waals surface area contributed by atoms with Crippen molar-refractivity contribution in [3.05, 3.63) is 52.2 Å². The molecular weight excluding hydrogens is 388 g/mol. The predicted octanol–water partition coefficient (Wildman–Crippen LogP) is 3.92. The third-order valence-corrected chi connectivity index (χ3v) is 4.16. The van der Waals surface area contributed by atoms with Crippen LogP contribution in [0.4, 0.5) is 0 Å². The summed E-state index contributed by atoms with van der Waals surface area (Å²) >= 11 is 3.38. The Hall–Kier alpha value is -2.48. The van der Waals surface area contributed by atoms with Gasteiger partial charge in [-0.3, -0.25) is 4.79 Å². The first-order valence-electron chi connectivity index (χ1n) is 7.78. The van der Waals surface area contributed by atoms with E-state index in [1.807, 2.05) is 38.1 Å². The van der Waals surface area contributed by atoms with Gasteiger partial charge in [-0.15, -0.1) is 0 Å². The summed E-state index contributed by atoms with van der Waals surface area (Å²) in [5, 5.41) is 10.5. The van der Waals surface area contributed by atoms with Crippen LogP contribution in [0.5, 0.6) is 0 Å². The molecule has 0 bridgehead atoms. The minimum absolute atomic E-state index is 0.0710. The molecule has 2 aromatic heterocycles. The van der Waals surface area contributed by atoms with Gasteiger partial charge in [-0.2, -0.15) is 4.98 Å². The van der Waals surface area contributed by atoms with Crippen LogP contribution in [0.15, 0.2) is 43.9 Å². The number of nitrogens with zero attached hydrogens (tertiary/aromatic N) is 3. The van der Waals surface area contributed by atoms with E-state index in [0.717, 1.165) is 10.0 Å². The smallest absolute Gasteiger partial charge is 0.274 e. The van der Waals surface area contributed by atoms with E-state index in [0.29, 0.717) is 17.5 Å². The van der Waals surface area contributed by atoms with Gasteiger partial charge in [-0.05, 0) is 25.0 Å². The van der Waals surface area contributed by atoms with Crippen LogP contribution in [0, 0.1) is 12.8 Å². The van der Waals surface area contributed by atoms with Crippen molar-refractivity contribution in [1.29, 1.82) is 0 Å². The lowest BCUT2D eigenvalue weighted by Crippen LogP contribution is -2.32. The highest BCUT2D eigenvalue weighted by Crippen LogP contribution is 2.24. The van der Waals surface area contributed by atoms with Gasteiger partial charge in [0.15, 0.2) is 17.3 Å². The van der Waals surface area contributed by atoms with Gasteiger partial charge in [0.1, 0.15) is 6.04 Å². The summed E-state index contributed by atoms with van der Waals surface area (Å²) in [6.45, 7) is 5.65. The predicted molar refractivity (Wildman–Crippen MR) is 93.7 cm³/mol. The van der Waals surface area contributed by atoms with Gasteiger partial charge in [0.05, 0.1) is 0 Å². The van der Waals surface area contributed by atoms with Crippen molar-refractivity contribution in [3.63, 3.8) is 0 Å². The molecular formula is C17H17BrN4O3. The van der Waals surface area contributed by atoms with E-state index in [9.17, 15) is 4.79 Å². The lowest BCUT2D eigenvalue weighted by molar-refractivity contribution is 0.0904. The quantitative estimate of drug-likeness (QED) is 0.692. The molecule has 0 spiro atoms. The van der Waals surface area contributed by atoms with Crippen molar-refractivity contribution >= 4 is 21.8 Å². The fourth-order valence-corrected chi connectivity index (χ4v) is 2.56. The molecule has 0 fully saturated rings. The maximum absolute atomic E-state index is 12.5. The van der Waals surface area contributed by atoms with Gasteiger partial charge in [0.2, 0.25) is 5.89 Å². The highest BCUT2D eigenvalue weighted by atomic mass is 79.9. The number of aromatic nitrogens is 3. The molecule has 0 radical (unpaired) electrons. The Morgan fingerprint density at radius 3 is 2.48 bits per heavy atom. The molecule has 3 aromatic rings. The summed E-state index contributed by atoms with van der Waals surface area (Å²) in [4.78, 5) is 16.7. The summed E-state index contributed by atoms with van der Waals surface area (Å²) in [6, 6.07) is 8.75. The molecule has 8 heteroatoms. The number of carbonyl (C=O) groups excluding carboxylic acids is 1. The zero-order valence-electron chi connectivity index (χ0n) is 14.0. The molecule has 2 heterocycles. The van der Waals surface area contributed by atoms with Gasteiger partial charge in [-0.25, -0.2) is 0 Å². The largest absolute Gasteiger partial charge is 0.355 e. The standard InChI is InChI=1S/C17H17BrN4O3/c1-9(2)15(17-19-10(3)21-25-17)20-16(23)13-8-14(24-22-13)11-4-6-12(18)7-5-11/h4-9,15H,1-3H3,(H,20,23)/t15-/m1/s1. The monoisotopic (exact) mass is 404 g/mol. The van der Waals surface area contributed by atoms with E-state index in [2.05, 4.69) is 36.5 Å². The molecule has 7 nitrogen and oxygen atoms in total. The van der Waals surface area contributed by atoms with E-state index < -0.39 is 6.04 Å². The van der Waals surface area contributed by atoms with Gasteiger partial charge >= 0.3 is 0 Å². The third-order valence-electron chi connectivity index (χ3n) is 3.63. The van der Waals surface area contributed by atoms with E-state index in [4.69, 9.17) is 9.05 Å². The lowest BCUT2D eigenvalue weighted by Gasteiger charge is -2.17. The van der Waals surface area contributed by atoms with Crippen molar-refractivity contribution < 1.29 is 13.8 Å². The molecule has 0 aliphatic carbocycles. The maximum atomic E-state index is 12.5. The topological polar surface area (TPSA) is 94.1 Å². The normalized spacial score (nSPS) is 12.4. The van der Waals surface area contributed by atoms with Crippen LogP contribution in [-0.4, -0.2) is 21.2 Å². The van der Waals surface area contributed by atoms with Crippen molar-refractivity contribution in [2.75, 3.05) is 0 Å². The third kappa shape index (κ3) is 3.96. The number of nitrogens with one attached hydrogen (secondary N) is 1. The van der Waals surface area contributed by atoms with E-state index in [-0.39, 0.29) is 17.5 Å². The Morgan fingerprint density at radius 1 is 1.16 bits per heavy atom. The van der Waals surface area contributed by atoms with Crippen LogP contribution in [-0.2, 0) is 0 Å². The number of hydrogen-bond acceptors (Lipinski definition) is 6. The van der Waals surface area contributed by atoms with Gasteiger partial charge < -0.3 is 14.4 Å². The molecule has 1 aromatic carbocycles. The lowest BCUT2D eigenvalue weighted by atomic mass is 10.0. The fraction of sp³-hybridized carbons (Fsp3) is 0.294. The summed E-state index contributed by atoms with van der Waals surface area (Å²) in [5.41, 5.74) is 1.03. The number of carbonyl (C=O) groups is 1. The molecule has 3 rings (SSSR count). The molecule has 0 unspecified atom stereocenters. The van der Waals surface area contributed by atoms with Gasteiger partial charge in [0, 0.05) is 16.1 Å². The summed E-state index contributed by atoms with van der Waals surface area (Å²) in [7, 11) is 0. The zero-order chi connectivity index (χ0) is 18.0. The number of halogens is 1. The second-order valence-electron chi connectivity index (χ2n) is 5.96. The Bertz CT molecular complexity index is 870. The average Bonchev–Trinajstić information content (AvgIpc) is 3.22. The van der Waals surface area contributed by atoms with Crippen molar-refractivity contribution in [3.8, 4) is 11.3 Å². The fourth-order valence-electron chi connectivity index (χ4n) is 2.30. The number of rotatable bonds is 5. The van der Waals surface area contributed by atoms with E-state index in [1.165, 1.54) is 0 Å². The van der Waals surface area contributed by atoms with Gasteiger partial charge in [-0.1, -0.05) is 52.2 Å². The minimum Gasteiger partial charge on any atom is -0.355 e. The first-order valence-corrected chi connectivity index (χ1v) is 8.57. The first-order chi connectivity index (χ1) is 11.9. The molecule has 25 heavy (non-hydrogen) atoms.